The van der Waals surface area contributed by atoms with Crippen LogP contribution in [0.15, 0.2) is 59.2 Å². The lowest BCUT2D eigenvalue weighted by molar-refractivity contribution is -0.174. The van der Waals surface area contributed by atoms with Crippen LogP contribution < -0.4 is 10.6 Å². The van der Waals surface area contributed by atoms with Gasteiger partial charge in [0.1, 0.15) is 11.6 Å². The molecule has 3 aromatic rings. The highest BCUT2D eigenvalue weighted by Gasteiger charge is 2.47. The Balaban J connectivity index is 1.64. The first-order valence-electron chi connectivity index (χ1n) is 8.24. The standard InChI is InChI=1S/C18H15F3N4O2/c19-18(20,21)15-9-12(14-7-4-8-27-14)23-16-10-13(24-25(15)16)17(26)22-11-5-2-1-3-6-11/h1-8,10,12,15,23H,9H2,(H,22,26). The predicted molar refractivity (Wildman–Crippen MR) is 91.4 cm³/mol. The van der Waals surface area contributed by atoms with Gasteiger partial charge in [-0.1, -0.05) is 18.2 Å². The number of furan rings is 1. The first kappa shape index (κ1) is 17.2. The van der Waals surface area contributed by atoms with E-state index < -0.39 is 24.2 Å². The van der Waals surface area contributed by atoms with Crippen LogP contribution in [0.25, 0.3) is 0 Å². The van der Waals surface area contributed by atoms with Gasteiger partial charge in [-0.2, -0.15) is 18.3 Å². The Bertz CT molecular complexity index is 935. The van der Waals surface area contributed by atoms with Crippen molar-refractivity contribution >= 4 is 17.4 Å². The Hall–Kier alpha value is -3.23. The first-order valence-corrected chi connectivity index (χ1v) is 8.24. The van der Waals surface area contributed by atoms with Crippen molar-refractivity contribution in [3.05, 3.63) is 66.2 Å². The molecule has 9 heteroatoms. The van der Waals surface area contributed by atoms with E-state index in [2.05, 4.69) is 15.7 Å². The Labute approximate surface area is 152 Å². The molecule has 6 nitrogen and oxygen atoms in total. The van der Waals surface area contributed by atoms with Crippen LogP contribution in [0, 0.1) is 0 Å². The summed E-state index contributed by atoms with van der Waals surface area (Å²) in [4.78, 5) is 12.4. The van der Waals surface area contributed by atoms with Gasteiger partial charge in [0, 0.05) is 18.2 Å². The summed E-state index contributed by atoms with van der Waals surface area (Å²) in [6.45, 7) is 0. The van der Waals surface area contributed by atoms with Crippen LogP contribution in [0.3, 0.4) is 0 Å². The van der Waals surface area contributed by atoms with Crippen LogP contribution in [0.5, 0.6) is 0 Å². The molecule has 1 aliphatic rings. The molecule has 140 valence electrons. The van der Waals surface area contributed by atoms with Crippen LogP contribution in [0.1, 0.15) is 34.8 Å². The summed E-state index contributed by atoms with van der Waals surface area (Å²) in [6, 6.07) is 10.6. The summed E-state index contributed by atoms with van der Waals surface area (Å²) < 4.78 is 46.8. The quantitative estimate of drug-likeness (QED) is 0.711. The van der Waals surface area contributed by atoms with E-state index in [1.165, 1.54) is 12.3 Å². The third-order valence-corrected chi connectivity index (χ3v) is 4.34. The third-order valence-electron chi connectivity index (χ3n) is 4.34. The van der Waals surface area contributed by atoms with Crippen molar-refractivity contribution in [1.82, 2.24) is 9.78 Å². The van der Waals surface area contributed by atoms with Crippen molar-refractivity contribution < 1.29 is 22.4 Å². The molecular formula is C18H15F3N4O2. The second-order valence-electron chi connectivity index (χ2n) is 6.18. The van der Waals surface area contributed by atoms with E-state index >= 15 is 0 Å². The van der Waals surface area contributed by atoms with Crippen molar-refractivity contribution in [3.63, 3.8) is 0 Å². The molecule has 1 amide bonds. The number of para-hydroxylation sites is 1. The molecule has 0 aliphatic carbocycles. The Morgan fingerprint density at radius 2 is 2.00 bits per heavy atom. The second kappa shape index (κ2) is 6.49. The fourth-order valence-corrected chi connectivity index (χ4v) is 3.08. The van der Waals surface area contributed by atoms with Crippen LogP contribution in [-0.2, 0) is 0 Å². The van der Waals surface area contributed by atoms with E-state index in [0.717, 1.165) is 4.68 Å². The number of hydrogen-bond acceptors (Lipinski definition) is 4. The number of benzene rings is 1. The topological polar surface area (TPSA) is 72.1 Å². The minimum atomic E-state index is -4.51. The van der Waals surface area contributed by atoms with Gasteiger partial charge in [0.2, 0.25) is 0 Å². The van der Waals surface area contributed by atoms with Gasteiger partial charge >= 0.3 is 6.18 Å². The van der Waals surface area contributed by atoms with Gasteiger partial charge in [-0.25, -0.2) is 4.68 Å². The largest absolute Gasteiger partial charge is 0.467 e. The number of hydrogen-bond donors (Lipinski definition) is 2. The van der Waals surface area contributed by atoms with E-state index in [1.807, 2.05) is 0 Å². The van der Waals surface area contributed by atoms with E-state index in [0.29, 0.717) is 11.4 Å². The SMILES string of the molecule is O=C(Nc1ccccc1)c1cc2n(n1)C(C(F)(F)F)CC(c1ccco1)N2. The lowest BCUT2D eigenvalue weighted by atomic mass is 10.0. The highest BCUT2D eigenvalue weighted by atomic mass is 19.4. The molecule has 0 bridgehead atoms. The van der Waals surface area contributed by atoms with Crippen molar-refractivity contribution in [3.8, 4) is 0 Å². The number of aromatic nitrogens is 2. The maximum atomic E-state index is 13.6. The molecule has 0 spiro atoms. The molecule has 4 rings (SSSR count). The molecule has 1 aliphatic heterocycles. The number of amides is 1. The molecular weight excluding hydrogens is 361 g/mol. The molecule has 1 aromatic carbocycles. The fourth-order valence-electron chi connectivity index (χ4n) is 3.08. The Kier molecular flexibility index (Phi) is 4.14. The minimum absolute atomic E-state index is 0.101. The van der Waals surface area contributed by atoms with Crippen LogP contribution in [0.4, 0.5) is 24.7 Å². The first-order chi connectivity index (χ1) is 12.9. The number of alkyl halides is 3. The van der Waals surface area contributed by atoms with Gasteiger partial charge in [-0.3, -0.25) is 4.79 Å². The van der Waals surface area contributed by atoms with Crippen LogP contribution in [-0.4, -0.2) is 21.9 Å². The molecule has 3 heterocycles. The van der Waals surface area contributed by atoms with E-state index in [9.17, 15) is 18.0 Å². The van der Waals surface area contributed by atoms with Gasteiger partial charge in [0.25, 0.3) is 5.91 Å². The highest BCUT2D eigenvalue weighted by molar-refractivity contribution is 6.03. The number of anilines is 2. The van der Waals surface area contributed by atoms with E-state index in [4.69, 9.17) is 4.42 Å². The lowest BCUT2D eigenvalue weighted by Crippen LogP contribution is -2.35. The molecule has 0 saturated heterocycles. The smallest absolute Gasteiger partial charge is 0.410 e. The molecule has 27 heavy (non-hydrogen) atoms. The molecule has 0 saturated carbocycles. The van der Waals surface area contributed by atoms with E-state index in [1.54, 1.807) is 42.5 Å². The molecule has 2 N–H and O–H groups in total. The number of carbonyl (C=O) groups is 1. The molecule has 0 radical (unpaired) electrons. The molecule has 2 aromatic heterocycles. The van der Waals surface area contributed by atoms with Gasteiger partial charge < -0.3 is 15.1 Å². The van der Waals surface area contributed by atoms with Crippen molar-refractivity contribution in [2.24, 2.45) is 0 Å². The Morgan fingerprint density at radius 1 is 1.22 bits per heavy atom. The summed E-state index contributed by atoms with van der Waals surface area (Å²) in [7, 11) is 0. The van der Waals surface area contributed by atoms with Gasteiger partial charge in [0.05, 0.1) is 12.3 Å². The number of carbonyl (C=O) groups excluding carboxylic acids is 1. The summed E-state index contributed by atoms with van der Waals surface area (Å²) in [6.07, 6.45) is -3.39. The monoisotopic (exact) mass is 376 g/mol. The van der Waals surface area contributed by atoms with Crippen LogP contribution >= 0.6 is 0 Å². The number of nitrogens with one attached hydrogen (secondary N) is 2. The number of rotatable bonds is 3. The number of halogens is 3. The molecule has 0 fully saturated rings. The zero-order chi connectivity index (χ0) is 19.0. The average molecular weight is 376 g/mol. The normalized spacial score (nSPS) is 19.2. The summed E-state index contributed by atoms with van der Waals surface area (Å²) in [5, 5.41) is 9.49. The Morgan fingerprint density at radius 3 is 2.67 bits per heavy atom. The maximum absolute atomic E-state index is 13.6. The van der Waals surface area contributed by atoms with E-state index in [-0.39, 0.29) is 17.9 Å². The minimum Gasteiger partial charge on any atom is -0.467 e. The third kappa shape index (κ3) is 3.40. The van der Waals surface area contributed by atoms with Crippen LogP contribution in [0.2, 0.25) is 0 Å². The predicted octanol–water partition coefficient (Wildman–Crippen LogP) is 4.39. The maximum Gasteiger partial charge on any atom is 0.410 e. The number of fused-ring (bicyclic) bond motifs is 1. The van der Waals surface area contributed by atoms with Crippen molar-refractivity contribution in [2.45, 2.75) is 24.7 Å². The molecule has 2 unspecified atom stereocenters. The van der Waals surface area contributed by atoms with Gasteiger partial charge in [-0.05, 0) is 24.3 Å². The zero-order valence-corrected chi connectivity index (χ0v) is 13.9. The summed E-state index contributed by atoms with van der Waals surface area (Å²) >= 11 is 0. The average Bonchev–Trinajstić information content (AvgIpc) is 3.30. The summed E-state index contributed by atoms with van der Waals surface area (Å²) in [5.41, 5.74) is 0.429. The van der Waals surface area contributed by atoms with Gasteiger partial charge in [0.15, 0.2) is 11.7 Å². The lowest BCUT2D eigenvalue weighted by Gasteiger charge is -2.32. The van der Waals surface area contributed by atoms with Crippen molar-refractivity contribution in [2.75, 3.05) is 10.6 Å². The highest BCUT2D eigenvalue weighted by Crippen LogP contribution is 2.43. The fraction of sp³-hybridized carbons (Fsp3) is 0.222. The van der Waals surface area contributed by atoms with Gasteiger partial charge in [-0.15, -0.1) is 0 Å². The van der Waals surface area contributed by atoms with Crippen molar-refractivity contribution in [1.29, 1.82) is 0 Å². The molecule has 2 atom stereocenters. The summed E-state index contributed by atoms with van der Waals surface area (Å²) in [5.74, 6) is -0.0736. The number of nitrogens with zero attached hydrogens (tertiary/aromatic N) is 2. The second-order valence-corrected chi connectivity index (χ2v) is 6.18. The zero-order valence-electron chi connectivity index (χ0n) is 13.9.